The largest absolute Gasteiger partial charge is 0.451 e. The molecule has 2 aliphatic heterocycles. The SMILES string of the molecule is CO[C@H]1O[C@@H]2COC(c3ccccc3)O[C@H]2[C@H](OC(=O)c2ccccn2)[C@H]1OC(=O)c1ccccn1. The number of methoxy groups -OCH3 is 1. The molecule has 186 valence electrons. The Balaban J connectivity index is 1.46. The first kappa shape index (κ1) is 24.0. The van der Waals surface area contributed by atoms with Gasteiger partial charge in [0.1, 0.15) is 23.6 Å². The number of hydrogen-bond acceptors (Lipinski definition) is 10. The first-order valence-corrected chi connectivity index (χ1v) is 11.4. The van der Waals surface area contributed by atoms with Gasteiger partial charge in [-0.2, -0.15) is 0 Å². The van der Waals surface area contributed by atoms with Gasteiger partial charge in [-0.3, -0.25) is 0 Å². The molecule has 0 saturated carbocycles. The smallest absolute Gasteiger partial charge is 0.357 e. The summed E-state index contributed by atoms with van der Waals surface area (Å²) in [4.78, 5) is 34.0. The first-order chi connectivity index (χ1) is 17.6. The summed E-state index contributed by atoms with van der Waals surface area (Å²) in [6, 6.07) is 19.1. The van der Waals surface area contributed by atoms with Crippen LogP contribution in [0.3, 0.4) is 0 Å². The van der Waals surface area contributed by atoms with Crippen LogP contribution in [0.2, 0.25) is 0 Å². The molecule has 2 aromatic heterocycles. The number of fused-ring (bicyclic) bond motifs is 1. The maximum absolute atomic E-state index is 13.0. The van der Waals surface area contributed by atoms with Crippen LogP contribution in [-0.4, -0.2) is 66.3 Å². The summed E-state index contributed by atoms with van der Waals surface area (Å²) < 4.78 is 35.2. The Morgan fingerprint density at radius 1 is 0.806 bits per heavy atom. The summed E-state index contributed by atoms with van der Waals surface area (Å²) in [5.74, 6) is -1.43. The van der Waals surface area contributed by atoms with Crippen molar-refractivity contribution in [2.45, 2.75) is 37.0 Å². The molecule has 0 spiro atoms. The quantitative estimate of drug-likeness (QED) is 0.476. The maximum atomic E-state index is 13.0. The third-order valence-electron chi connectivity index (χ3n) is 5.82. The fourth-order valence-electron chi connectivity index (χ4n) is 4.11. The molecule has 1 aromatic carbocycles. The molecule has 0 radical (unpaired) electrons. The lowest BCUT2D eigenvalue weighted by molar-refractivity contribution is -0.356. The second-order valence-corrected chi connectivity index (χ2v) is 8.13. The Morgan fingerprint density at radius 2 is 1.42 bits per heavy atom. The minimum Gasteiger partial charge on any atom is -0.451 e. The third-order valence-corrected chi connectivity index (χ3v) is 5.82. The van der Waals surface area contributed by atoms with E-state index in [-0.39, 0.29) is 18.0 Å². The minimum atomic E-state index is -1.16. The lowest BCUT2D eigenvalue weighted by atomic mass is 9.97. The molecular weight excluding hydrogens is 468 g/mol. The number of esters is 2. The Morgan fingerprint density at radius 3 is 2.00 bits per heavy atom. The van der Waals surface area contributed by atoms with Gasteiger partial charge in [0.25, 0.3) is 0 Å². The molecular formula is C26H24N2O8. The molecule has 1 unspecified atom stereocenters. The van der Waals surface area contributed by atoms with Crippen molar-refractivity contribution < 1.29 is 38.0 Å². The van der Waals surface area contributed by atoms with Crippen LogP contribution in [-0.2, 0) is 28.4 Å². The maximum Gasteiger partial charge on any atom is 0.357 e. The lowest BCUT2D eigenvalue weighted by Gasteiger charge is -2.47. The van der Waals surface area contributed by atoms with Gasteiger partial charge in [-0.25, -0.2) is 19.6 Å². The van der Waals surface area contributed by atoms with Crippen LogP contribution in [0.5, 0.6) is 0 Å². The molecule has 36 heavy (non-hydrogen) atoms. The zero-order valence-electron chi connectivity index (χ0n) is 19.3. The number of aromatic nitrogens is 2. The molecule has 6 atom stereocenters. The summed E-state index contributed by atoms with van der Waals surface area (Å²) in [5, 5.41) is 0. The summed E-state index contributed by atoms with van der Waals surface area (Å²) >= 11 is 0. The number of carbonyl (C=O) groups is 2. The predicted octanol–water partition coefficient (Wildman–Crippen LogP) is 2.71. The van der Waals surface area contributed by atoms with Crippen LogP contribution in [0.25, 0.3) is 0 Å². The molecule has 5 rings (SSSR count). The molecule has 2 saturated heterocycles. The topological polar surface area (TPSA) is 115 Å². The highest BCUT2D eigenvalue weighted by molar-refractivity contribution is 5.88. The van der Waals surface area contributed by atoms with Crippen molar-refractivity contribution in [1.82, 2.24) is 9.97 Å². The van der Waals surface area contributed by atoms with Crippen molar-refractivity contribution in [1.29, 1.82) is 0 Å². The molecule has 0 bridgehead atoms. The van der Waals surface area contributed by atoms with Gasteiger partial charge in [-0.1, -0.05) is 42.5 Å². The average Bonchev–Trinajstić information content (AvgIpc) is 2.95. The number of nitrogens with zero attached hydrogens (tertiary/aromatic N) is 2. The van der Waals surface area contributed by atoms with Gasteiger partial charge in [0.15, 0.2) is 24.8 Å². The molecule has 0 amide bonds. The molecule has 4 heterocycles. The van der Waals surface area contributed by atoms with Crippen molar-refractivity contribution in [3.05, 3.63) is 96.1 Å². The minimum absolute atomic E-state index is 0.0827. The fourth-order valence-corrected chi connectivity index (χ4v) is 4.11. The molecule has 3 aromatic rings. The Bertz CT molecular complexity index is 1160. The van der Waals surface area contributed by atoms with E-state index in [1.165, 1.54) is 31.6 Å². The van der Waals surface area contributed by atoms with Crippen LogP contribution in [0.1, 0.15) is 32.8 Å². The van der Waals surface area contributed by atoms with Crippen LogP contribution in [0.4, 0.5) is 0 Å². The van der Waals surface area contributed by atoms with E-state index in [0.29, 0.717) is 0 Å². The van der Waals surface area contributed by atoms with Crippen LogP contribution in [0.15, 0.2) is 79.1 Å². The second-order valence-electron chi connectivity index (χ2n) is 8.13. The second kappa shape index (κ2) is 10.9. The van der Waals surface area contributed by atoms with Gasteiger partial charge < -0.3 is 28.4 Å². The van der Waals surface area contributed by atoms with E-state index in [1.807, 2.05) is 30.3 Å². The molecule has 10 heteroatoms. The zero-order valence-corrected chi connectivity index (χ0v) is 19.3. The third kappa shape index (κ3) is 5.12. The van der Waals surface area contributed by atoms with Crippen molar-refractivity contribution in [2.75, 3.05) is 13.7 Å². The number of hydrogen-bond donors (Lipinski definition) is 0. The molecule has 2 fully saturated rings. The number of pyridine rings is 2. The summed E-state index contributed by atoms with van der Waals surface area (Å²) in [6.07, 6.45) is -2.57. The van der Waals surface area contributed by atoms with Gasteiger partial charge in [0.2, 0.25) is 0 Å². The summed E-state index contributed by atoms with van der Waals surface area (Å²) in [7, 11) is 1.40. The van der Waals surface area contributed by atoms with Crippen LogP contribution < -0.4 is 0 Å². The van der Waals surface area contributed by atoms with E-state index in [0.717, 1.165) is 5.56 Å². The van der Waals surface area contributed by atoms with Crippen LogP contribution >= 0.6 is 0 Å². The molecule has 2 aliphatic rings. The monoisotopic (exact) mass is 492 g/mol. The van der Waals surface area contributed by atoms with E-state index < -0.39 is 48.9 Å². The average molecular weight is 492 g/mol. The van der Waals surface area contributed by atoms with E-state index in [9.17, 15) is 9.59 Å². The van der Waals surface area contributed by atoms with Gasteiger partial charge >= 0.3 is 11.9 Å². The predicted molar refractivity (Wildman–Crippen MR) is 123 cm³/mol. The van der Waals surface area contributed by atoms with E-state index in [1.54, 1.807) is 24.3 Å². The molecule has 0 N–H and O–H groups in total. The lowest BCUT2D eigenvalue weighted by Crippen LogP contribution is -2.64. The molecule has 10 nitrogen and oxygen atoms in total. The standard InChI is InChI=1S/C26H24N2O8/c1-31-26-22(35-24(30)18-12-6-8-14-28-18)21(34-23(29)17-11-5-7-13-27-17)20-19(33-26)15-32-25(36-20)16-9-3-2-4-10-16/h2-14,19-22,25-26H,15H2,1H3/t19-,20-,21+,22-,25?,26+/m1/s1. The van der Waals surface area contributed by atoms with Gasteiger partial charge in [-0.05, 0) is 24.3 Å². The highest BCUT2D eigenvalue weighted by atomic mass is 16.8. The Hall–Kier alpha value is -3.70. The van der Waals surface area contributed by atoms with Crippen LogP contribution in [0, 0.1) is 0 Å². The van der Waals surface area contributed by atoms with Gasteiger partial charge in [0, 0.05) is 25.1 Å². The number of benzene rings is 1. The summed E-state index contributed by atoms with van der Waals surface area (Å²) in [5.41, 5.74) is 0.956. The van der Waals surface area contributed by atoms with Crippen molar-refractivity contribution in [2.24, 2.45) is 0 Å². The van der Waals surface area contributed by atoms with Gasteiger partial charge in [0.05, 0.1) is 6.61 Å². The Kier molecular flexibility index (Phi) is 7.28. The number of carbonyl (C=O) groups excluding carboxylic acids is 2. The van der Waals surface area contributed by atoms with E-state index >= 15 is 0 Å². The Labute approximate surface area is 207 Å². The van der Waals surface area contributed by atoms with Crippen molar-refractivity contribution in [3.8, 4) is 0 Å². The summed E-state index contributed by atoms with van der Waals surface area (Å²) in [6.45, 7) is 0.142. The van der Waals surface area contributed by atoms with E-state index in [2.05, 4.69) is 9.97 Å². The molecule has 0 aliphatic carbocycles. The number of rotatable bonds is 6. The number of ether oxygens (including phenoxy) is 6. The first-order valence-electron chi connectivity index (χ1n) is 11.4. The highest BCUT2D eigenvalue weighted by Crippen LogP contribution is 2.37. The van der Waals surface area contributed by atoms with Crippen molar-refractivity contribution in [3.63, 3.8) is 0 Å². The van der Waals surface area contributed by atoms with Gasteiger partial charge in [-0.15, -0.1) is 0 Å². The zero-order chi connectivity index (χ0) is 24.9. The fraction of sp³-hybridized carbons (Fsp3) is 0.308. The van der Waals surface area contributed by atoms with Crippen molar-refractivity contribution >= 4 is 11.9 Å². The van der Waals surface area contributed by atoms with E-state index in [4.69, 9.17) is 28.4 Å². The normalized spacial score (nSPS) is 27.5. The highest BCUT2D eigenvalue weighted by Gasteiger charge is 2.54.